The van der Waals surface area contributed by atoms with Crippen molar-refractivity contribution in [1.29, 1.82) is 0 Å². The van der Waals surface area contributed by atoms with E-state index in [9.17, 15) is 9.18 Å². The topological polar surface area (TPSA) is 69.7 Å². The van der Waals surface area contributed by atoms with Crippen molar-refractivity contribution >= 4 is 22.4 Å². The van der Waals surface area contributed by atoms with Crippen LogP contribution in [-0.4, -0.2) is 37.3 Å². The minimum absolute atomic E-state index is 0.190. The van der Waals surface area contributed by atoms with Crippen molar-refractivity contribution in [1.82, 2.24) is 4.98 Å². The Labute approximate surface area is 183 Å². The van der Waals surface area contributed by atoms with E-state index in [1.54, 1.807) is 12.1 Å². The van der Waals surface area contributed by atoms with Crippen LogP contribution in [-0.2, 0) is 14.9 Å². The number of anilines is 1. The number of aromatic nitrogens is 1. The first-order chi connectivity index (χ1) is 15.1. The summed E-state index contributed by atoms with van der Waals surface area (Å²) in [5.74, 6) is 0.862. The lowest BCUT2D eigenvalue weighted by molar-refractivity contribution is -0.125. The van der Waals surface area contributed by atoms with Crippen LogP contribution in [0.25, 0.3) is 11.3 Å². The molecule has 1 fully saturated rings. The van der Waals surface area contributed by atoms with Crippen molar-refractivity contribution in [3.05, 3.63) is 59.2 Å². The number of hydrogen-bond acceptors (Lipinski definition) is 6. The maximum atomic E-state index is 13.9. The smallest absolute Gasteiger partial charge is 0.236 e. The molecule has 0 radical (unpaired) electrons. The Morgan fingerprint density at radius 3 is 2.65 bits per heavy atom. The first-order valence-electron chi connectivity index (χ1n) is 10.1. The van der Waals surface area contributed by atoms with Gasteiger partial charge in [-0.05, 0) is 48.7 Å². The zero-order valence-corrected chi connectivity index (χ0v) is 17.5. The highest BCUT2D eigenvalue weighted by atomic mass is 32.1. The lowest BCUT2D eigenvalue weighted by Crippen LogP contribution is -2.44. The Morgan fingerprint density at radius 1 is 1.03 bits per heavy atom. The van der Waals surface area contributed by atoms with E-state index >= 15 is 0 Å². The molecular weight excluding hydrogens is 419 g/mol. The fraction of sp³-hybridized carbons (Fsp3) is 0.304. The summed E-state index contributed by atoms with van der Waals surface area (Å²) in [7, 11) is 0. The molecule has 0 aliphatic carbocycles. The van der Waals surface area contributed by atoms with E-state index < -0.39 is 5.41 Å². The molecule has 0 bridgehead atoms. The van der Waals surface area contributed by atoms with Gasteiger partial charge in [-0.15, -0.1) is 11.3 Å². The predicted molar refractivity (Wildman–Crippen MR) is 115 cm³/mol. The molecule has 0 atom stereocenters. The summed E-state index contributed by atoms with van der Waals surface area (Å²) in [6.07, 6.45) is 0.978. The van der Waals surface area contributed by atoms with Crippen LogP contribution in [0.5, 0.6) is 11.5 Å². The summed E-state index contributed by atoms with van der Waals surface area (Å²) in [4.78, 5) is 18.0. The summed E-state index contributed by atoms with van der Waals surface area (Å²) in [5.41, 5.74) is 1.44. The number of nitrogens with one attached hydrogen (secondary N) is 1. The second-order valence-corrected chi connectivity index (χ2v) is 8.41. The van der Waals surface area contributed by atoms with Crippen molar-refractivity contribution in [2.75, 3.05) is 31.7 Å². The number of thiazole rings is 1. The number of nitrogens with zero attached hydrogens (tertiary/aromatic N) is 1. The largest absolute Gasteiger partial charge is 0.486 e. The Morgan fingerprint density at radius 2 is 1.84 bits per heavy atom. The van der Waals surface area contributed by atoms with Gasteiger partial charge in [-0.1, -0.05) is 12.1 Å². The van der Waals surface area contributed by atoms with Gasteiger partial charge < -0.3 is 19.5 Å². The molecule has 1 N–H and O–H groups in total. The van der Waals surface area contributed by atoms with Gasteiger partial charge in [-0.25, -0.2) is 9.37 Å². The highest BCUT2D eigenvalue weighted by molar-refractivity contribution is 7.14. The number of carbonyl (C=O) groups is 1. The quantitative estimate of drug-likeness (QED) is 0.651. The molecule has 1 amide bonds. The van der Waals surface area contributed by atoms with E-state index in [0.717, 1.165) is 17.0 Å². The number of rotatable bonds is 4. The van der Waals surface area contributed by atoms with E-state index in [1.165, 1.54) is 23.5 Å². The van der Waals surface area contributed by atoms with Gasteiger partial charge in [0, 0.05) is 24.2 Å². The van der Waals surface area contributed by atoms with Gasteiger partial charge in [0.2, 0.25) is 5.91 Å². The zero-order chi connectivity index (χ0) is 21.3. The summed E-state index contributed by atoms with van der Waals surface area (Å²) >= 11 is 1.35. The van der Waals surface area contributed by atoms with Crippen LogP contribution in [0.1, 0.15) is 18.4 Å². The minimum atomic E-state index is -0.844. The second kappa shape index (κ2) is 8.28. The van der Waals surface area contributed by atoms with E-state index in [4.69, 9.17) is 14.2 Å². The van der Waals surface area contributed by atoms with Crippen LogP contribution < -0.4 is 14.8 Å². The van der Waals surface area contributed by atoms with Crippen LogP contribution in [0.2, 0.25) is 0 Å². The fourth-order valence-electron chi connectivity index (χ4n) is 4.04. The SMILES string of the molecule is O=C(Nc1nc(-c2ccc3c(c2)OCCO3)cs1)C1(c2cccc(F)c2)CCOCC1. The summed E-state index contributed by atoms with van der Waals surface area (Å²) in [6, 6.07) is 11.9. The molecule has 0 saturated carbocycles. The average molecular weight is 440 g/mol. The highest BCUT2D eigenvalue weighted by Gasteiger charge is 2.42. The van der Waals surface area contributed by atoms with Gasteiger partial charge in [0.05, 0.1) is 11.1 Å². The van der Waals surface area contributed by atoms with Crippen LogP contribution in [0, 0.1) is 5.82 Å². The van der Waals surface area contributed by atoms with Crippen molar-refractivity contribution in [3.8, 4) is 22.8 Å². The van der Waals surface area contributed by atoms with Crippen molar-refractivity contribution in [3.63, 3.8) is 0 Å². The van der Waals surface area contributed by atoms with E-state index in [0.29, 0.717) is 55.7 Å². The Kier molecular flexibility index (Phi) is 5.33. The molecular formula is C23H21FN2O4S. The van der Waals surface area contributed by atoms with E-state index in [-0.39, 0.29) is 11.7 Å². The molecule has 0 unspecified atom stereocenters. The molecule has 8 heteroatoms. The molecule has 2 aliphatic heterocycles. The Hall–Kier alpha value is -2.97. The molecule has 1 saturated heterocycles. The average Bonchev–Trinajstić information content (AvgIpc) is 3.27. The van der Waals surface area contributed by atoms with Crippen LogP contribution >= 0.6 is 11.3 Å². The molecule has 3 heterocycles. The van der Waals surface area contributed by atoms with Gasteiger partial charge in [0.15, 0.2) is 16.6 Å². The first-order valence-corrected chi connectivity index (χ1v) is 11.0. The Balaban J connectivity index is 1.39. The van der Waals surface area contributed by atoms with Gasteiger partial charge in [0.1, 0.15) is 19.0 Å². The van der Waals surface area contributed by atoms with E-state index in [2.05, 4.69) is 10.3 Å². The first kappa shape index (κ1) is 20.0. The molecule has 1 aromatic heterocycles. The third-order valence-electron chi connectivity index (χ3n) is 5.72. The van der Waals surface area contributed by atoms with Crippen LogP contribution in [0.4, 0.5) is 9.52 Å². The van der Waals surface area contributed by atoms with Crippen molar-refractivity contribution < 1.29 is 23.4 Å². The second-order valence-electron chi connectivity index (χ2n) is 7.56. The number of fused-ring (bicyclic) bond motifs is 1. The lowest BCUT2D eigenvalue weighted by atomic mass is 9.73. The molecule has 3 aromatic rings. The number of amides is 1. The molecule has 2 aliphatic rings. The molecule has 31 heavy (non-hydrogen) atoms. The minimum Gasteiger partial charge on any atom is -0.486 e. The molecule has 5 rings (SSSR count). The maximum Gasteiger partial charge on any atom is 0.236 e. The number of ether oxygens (including phenoxy) is 3. The predicted octanol–water partition coefficient (Wildman–Crippen LogP) is 4.41. The fourth-order valence-corrected chi connectivity index (χ4v) is 4.75. The number of carbonyl (C=O) groups excluding carboxylic acids is 1. The molecule has 6 nitrogen and oxygen atoms in total. The standard InChI is InChI=1S/C23H21FN2O4S/c24-17-3-1-2-16(13-17)23(6-8-28-9-7-23)21(27)26-22-25-18(14-31-22)15-4-5-19-20(12-15)30-11-10-29-19/h1-5,12-14H,6-11H2,(H,25,26,27). The Bertz CT molecular complexity index is 1110. The number of hydrogen-bond donors (Lipinski definition) is 1. The van der Waals surface area contributed by atoms with Gasteiger partial charge in [0.25, 0.3) is 0 Å². The van der Waals surface area contributed by atoms with Gasteiger partial charge in [-0.2, -0.15) is 0 Å². The third kappa shape index (κ3) is 3.88. The monoisotopic (exact) mass is 440 g/mol. The van der Waals surface area contributed by atoms with Crippen molar-refractivity contribution in [2.45, 2.75) is 18.3 Å². The summed E-state index contributed by atoms with van der Waals surface area (Å²) in [6.45, 7) is 1.95. The number of benzene rings is 2. The van der Waals surface area contributed by atoms with Crippen molar-refractivity contribution in [2.24, 2.45) is 0 Å². The zero-order valence-electron chi connectivity index (χ0n) is 16.7. The normalized spacial score (nSPS) is 17.2. The highest BCUT2D eigenvalue weighted by Crippen LogP contribution is 2.38. The van der Waals surface area contributed by atoms with Gasteiger partial charge in [-0.3, -0.25) is 4.79 Å². The molecule has 160 valence electrons. The number of halogens is 1. The molecule has 0 spiro atoms. The van der Waals surface area contributed by atoms with Crippen LogP contribution in [0.3, 0.4) is 0 Å². The third-order valence-corrected chi connectivity index (χ3v) is 6.48. The van der Waals surface area contributed by atoms with E-state index in [1.807, 2.05) is 23.6 Å². The molecule has 2 aromatic carbocycles. The van der Waals surface area contributed by atoms with Gasteiger partial charge >= 0.3 is 0 Å². The lowest BCUT2D eigenvalue weighted by Gasteiger charge is -2.36. The summed E-state index contributed by atoms with van der Waals surface area (Å²) < 4.78 is 30.6. The van der Waals surface area contributed by atoms with Crippen LogP contribution in [0.15, 0.2) is 47.8 Å². The summed E-state index contributed by atoms with van der Waals surface area (Å²) in [5, 5.41) is 5.34. The maximum absolute atomic E-state index is 13.9.